The fourth-order valence-corrected chi connectivity index (χ4v) is 3.25. The van der Waals surface area contributed by atoms with Gasteiger partial charge in [-0.3, -0.25) is 19.2 Å². The lowest BCUT2D eigenvalue weighted by Gasteiger charge is -2.12. The van der Waals surface area contributed by atoms with E-state index in [4.69, 9.17) is 9.47 Å². The summed E-state index contributed by atoms with van der Waals surface area (Å²) in [6.45, 7) is 1.71. The number of carbonyl (C=O) groups excluding carboxylic acids is 4. The Labute approximate surface area is 215 Å². The van der Waals surface area contributed by atoms with Gasteiger partial charge < -0.3 is 20.1 Å². The topological polar surface area (TPSA) is 111 Å². The molecule has 0 saturated heterocycles. The van der Waals surface area contributed by atoms with Crippen molar-refractivity contribution in [2.75, 3.05) is 6.54 Å². The third-order valence-electron chi connectivity index (χ3n) is 5.07. The normalized spacial score (nSPS) is 10.8. The Balaban J connectivity index is 1.59. The number of hydrogen-bond donors (Lipinski definition) is 2. The first-order valence-electron chi connectivity index (χ1n) is 11.7. The monoisotopic (exact) mass is 500 g/mol. The summed E-state index contributed by atoms with van der Waals surface area (Å²) in [7, 11) is 0. The molecular formula is C29H28N2O6. The van der Waals surface area contributed by atoms with E-state index in [1.54, 1.807) is 54.6 Å². The van der Waals surface area contributed by atoms with E-state index in [-0.39, 0.29) is 31.2 Å². The summed E-state index contributed by atoms with van der Waals surface area (Å²) in [5.41, 5.74) is 1.93. The van der Waals surface area contributed by atoms with Gasteiger partial charge in [0.2, 0.25) is 0 Å². The zero-order valence-corrected chi connectivity index (χ0v) is 20.4. The smallest absolute Gasteiger partial charge is 0.308 e. The largest absolute Gasteiger partial charge is 0.461 e. The second-order valence-electron chi connectivity index (χ2n) is 8.05. The van der Waals surface area contributed by atoms with Gasteiger partial charge >= 0.3 is 11.9 Å². The SMILES string of the molecule is CC(=O)Oc1ccc(/C=C(/NC(=O)c2ccccc2)C(=O)NCCCC(=O)OCc2ccccc2)cc1. The summed E-state index contributed by atoms with van der Waals surface area (Å²) in [5.74, 6) is -1.39. The number of nitrogens with one attached hydrogen (secondary N) is 2. The average Bonchev–Trinajstić information content (AvgIpc) is 2.91. The molecule has 0 aliphatic rings. The number of rotatable bonds is 11. The van der Waals surface area contributed by atoms with Crippen LogP contribution in [0.4, 0.5) is 0 Å². The van der Waals surface area contributed by atoms with Gasteiger partial charge in [-0.1, -0.05) is 60.7 Å². The molecular weight excluding hydrogens is 472 g/mol. The molecule has 0 radical (unpaired) electrons. The van der Waals surface area contributed by atoms with E-state index < -0.39 is 17.8 Å². The second-order valence-corrected chi connectivity index (χ2v) is 8.05. The molecule has 190 valence electrons. The predicted molar refractivity (Wildman–Crippen MR) is 138 cm³/mol. The van der Waals surface area contributed by atoms with Crippen LogP contribution in [0.15, 0.2) is 90.6 Å². The summed E-state index contributed by atoms with van der Waals surface area (Å²) in [6.07, 6.45) is 2.03. The van der Waals surface area contributed by atoms with Crippen LogP contribution in [-0.2, 0) is 25.7 Å². The zero-order valence-electron chi connectivity index (χ0n) is 20.4. The summed E-state index contributed by atoms with van der Waals surface area (Å²) < 4.78 is 10.3. The van der Waals surface area contributed by atoms with Crippen LogP contribution in [0.25, 0.3) is 6.08 Å². The molecule has 0 unspecified atom stereocenters. The molecule has 0 fully saturated rings. The Hall–Kier alpha value is -4.72. The van der Waals surface area contributed by atoms with E-state index in [0.717, 1.165) is 5.56 Å². The maximum absolute atomic E-state index is 12.9. The van der Waals surface area contributed by atoms with Crippen LogP contribution in [0.2, 0.25) is 0 Å². The molecule has 0 bridgehead atoms. The Kier molecular flexibility index (Phi) is 10.2. The summed E-state index contributed by atoms with van der Waals surface area (Å²) in [5, 5.41) is 5.38. The molecule has 8 nitrogen and oxygen atoms in total. The minimum absolute atomic E-state index is 0.0285. The highest BCUT2D eigenvalue weighted by atomic mass is 16.5. The third kappa shape index (κ3) is 9.45. The van der Waals surface area contributed by atoms with Gasteiger partial charge in [0.1, 0.15) is 18.1 Å². The third-order valence-corrected chi connectivity index (χ3v) is 5.07. The lowest BCUT2D eigenvalue weighted by molar-refractivity contribution is -0.145. The number of hydrogen-bond acceptors (Lipinski definition) is 6. The molecule has 0 atom stereocenters. The molecule has 2 amide bonds. The van der Waals surface area contributed by atoms with E-state index in [1.165, 1.54) is 13.0 Å². The standard InChI is InChI=1S/C29H28N2O6/c1-21(32)37-25-16-14-22(15-17-25)19-26(31-28(34)24-11-6-3-7-12-24)29(35)30-18-8-13-27(33)36-20-23-9-4-2-5-10-23/h2-7,9-12,14-17,19H,8,13,18,20H2,1H3,(H,30,35)(H,31,34)/b26-19+. The summed E-state index contributed by atoms with van der Waals surface area (Å²) >= 11 is 0. The maximum Gasteiger partial charge on any atom is 0.308 e. The molecule has 0 aliphatic heterocycles. The van der Waals surface area contributed by atoms with Crippen molar-refractivity contribution in [3.05, 3.63) is 107 Å². The fourth-order valence-electron chi connectivity index (χ4n) is 3.25. The van der Waals surface area contributed by atoms with Gasteiger partial charge in [0.25, 0.3) is 11.8 Å². The summed E-state index contributed by atoms with van der Waals surface area (Å²) in [4.78, 5) is 48.7. The van der Waals surface area contributed by atoms with Gasteiger partial charge in [0, 0.05) is 25.5 Å². The molecule has 3 rings (SSSR count). The van der Waals surface area contributed by atoms with Crippen molar-refractivity contribution in [2.24, 2.45) is 0 Å². The molecule has 8 heteroatoms. The first-order valence-corrected chi connectivity index (χ1v) is 11.7. The fraction of sp³-hybridized carbons (Fsp3) is 0.172. The van der Waals surface area contributed by atoms with E-state index in [9.17, 15) is 19.2 Å². The molecule has 37 heavy (non-hydrogen) atoms. The van der Waals surface area contributed by atoms with Crippen molar-refractivity contribution < 1.29 is 28.7 Å². The maximum atomic E-state index is 12.9. The lowest BCUT2D eigenvalue weighted by Crippen LogP contribution is -2.35. The van der Waals surface area contributed by atoms with Crippen molar-refractivity contribution in [1.29, 1.82) is 0 Å². The van der Waals surface area contributed by atoms with Crippen molar-refractivity contribution in [2.45, 2.75) is 26.4 Å². The van der Waals surface area contributed by atoms with Crippen molar-refractivity contribution in [3.8, 4) is 5.75 Å². The number of benzene rings is 3. The van der Waals surface area contributed by atoms with Crippen LogP contribution in [0.1, 0.15) is 41.3 Å². The van der Waals surface area contributed by atoms with Crippen LogP contribution >= 0.6 is 0 Å². The number of amides is 2. The molecule has 0 saturated carbocycles. The minimum Gasteiger partial charge on any atom is -0.461 e. The predicted octanol–water partition coefficient (Wildman–Crippen LogP) is 4.02. The van der Waals surface area contributed by atoms with Crippen LogP contribution in [0, 0.1) is 0 Å². The molecule has 0 aliphatic carbocycles. The second kappa shape index (κ2) is 14.0. The lowest BCUT2D eigenvalue weighted by atomic mass is 10.1. The Morgan fingerprint density at radius 3 is 2.14 bits per heavy atom. The Bertz CT molecular complexity index is 1240. The average molecular weight is 501 g/mol. The van der Waals surface area contributed by atoms with Gasteiger partial charge in [-0.05, 0) is 47.9 Å². The molecule has 3 aromatic carbocycles. The molecule has 0 spiro atoms. The van der Waals surface area contributed by atoms with E-state index >= 15 is 0 Å². The van der Waals surface area contributed by atoms with Crippen LogP contribution in [0.3, 0.4) is 0 Å². The first kappa shape index (κ1) is 26.9. The molecule has 0 aromatic heterocycles. The van der Waals surface area contributed by atoms with E-state index in [2.05, 4.69) is 10.6 Å². The van der Waals surface area contributed by atoms with Crippen LogP contribution in [0.5, 0.6) is 5.75 Å². The van der Waals surface area contributed by atoms with Crippen molar-refractivity contribution in [3.63, 3.8) is 0 Å². The highest BCUT2D eigenvalue weighted by molar-refractivity contribution is 6.05. The van der Waals surface area contributed by atoms with Crippen molar-refractivity contribution >= 4 is 29.8 Å². The van der Waals surface area contributed by atoms with Gasteiger partial charge in [-0.2, -0.15) is 0 Å². The quantitative estimate of drug-likeness (QED) is 0.178. The highest BCUT2D eigenvalue weighted by Crippen LogP contribution is 2.15. The van der Waals surface area contributed by atoms with Gasteiger partial charge in [0.05, 0.1) is 0 Å². The van der Waals surface area contributed by atoms with Gasteiger partial charge in [-0.25, -0.2) is 0 Å². The number of ether oxygens (including phenoxy) is 2. The minimum atomic E-state index is -0.508. The Morgan fingerprint density at radius 2 is 1.49 bits per heavy atom. The van der Waals surface area contributed by atoms with E-state index in [0.29, 0.717) is 23.3 Å². The number of carbonyl (C=O) groups is 4. The zero-order chi connectivity index (χ0) is 26.5. The molecule has 2 N–H and O–H groups in total. The van der Waals surface area contributed by atoms with E-state index in [1.807, 2.05) is 30.3 Å². The van der Waals surface area contributed by atoms with Gasteiger partial charge in [-0.15, -0.1) is 0 Å². The first-order chi connectivity index (χ1) is 17.9. The highest BCUT2D eigenvalue weighted by Gasteiger charge is 2.15. The summed E-state index contributed by atoms with van der Waals surface area (Å²) in [6, 6.07) is 24.4. The Morgan fingerprint density at radius 1 is 0.838 bits per heavy atom. The van der Waals surface area contributed by atoms with Crippen LogP contribution < -0.4 is 15.4 Å². The molecule has 3 aromatic rings. The molecule has 0 heterocycles. The van der Waals surface area contributed by atoms with Crippen molar-refractivity contribution in [1.82, 2.24) is 10.6 Å². The van der Waals surface area contributed by atoms with Gasteiger partial charge in [0.15, 0.2) is 0 Å². The van der Waals surface area contributed by atoms with Crippen LogP contribution in [-0.4, -0.2) is 30.3 Å². The number of esters is 2.